The summed E-state index contributed by atoms with van der Waals surface area (Å²) >= 11 is 0. The largest absolute Gasteiger partial charge is 0.303 e. The van der Waals surface area contributed by atoms with E-state index in [4.69, 9.17) is 0 Å². The summed E-state index contributed by atoms with van der Waals surface area (Å²) in [6.07, 6.45) is 8.91. The first-order chi connectivity index (χ1) is 5.38. The van der Waals surface area contributed by atoms with Gasteiger partial charge in [-0.25, -0.2) is 0 Å². The fraction of sp³-hybridized carbons (Fsp3) is 1.00. The van der Waals surface area contributed by atoms with E-state index in [9.17, 15) is 0 Å². The Morgan fingerprint density at radius 1 is 1.00 bits per heavy atom. The second-order valence-corrected chi connectivity index (χ2v) is 4.23. The molecule has 0 N–H and O–H groups in total. The molecule has 0 bridgehead atoms. The summed E-state index contributed by atoms with van der Waals surface area (Å²) in [7, 11) is 2.31. The number of piperidine rings is 1. The molecule has 2 rings (SSSR count). The van der Waals surface area contributed by atoms with E-state index >= 15 is 0 Å². The van der Waals surface area contributed by atoms with Gasteiger partial charge in [0.05, 0.1) is 0 Å². The molecule has 1 heterocycles. The van der Waals surface area contributed by atoms with Crippen molar-refractivity contribution in [2.75, 3.05) is 13.6 Å². The van der Waals surface area contributed by atoms with Crippen LogP contribution in [0.1, 0.15) is 38.5 Å². The SMILES string of the molecule is CN1CCCC2CCCC[C@H]21. The molecule has 1 heteroatoms. The Morgan fingerprint density at radius 3 is 2.55 bits per heavy atom. The van der Waals surface area contributed by atoms with Gasteiger partial charge in [-0.2, -0.15) is 0 Å². The van der Waals surface area contributed by atoms with Crippen molar-refractivity contribution in [1.29, 1.82) is 0 Å². The Bertz CT molecular complexity index is 131. The van der Waals surface area contributed by atoms with E-state index in [0.29, 0.717) is 0 Å². The highest BCUT2D eigenvalue weighted by Gasteiger charge is 2.30. The molecular weight excluding hydrogens is 134 g/mol. The zero-order chi connectivity index (χ0) is 7.68. The van der Waals surface area contributed by atoms with Crippen LogP contribution in [0.4, 0.5) is 0 Å². The van der Waals surface area contributed by atoms with Crippen LogP contribution in [-0.4, -0.2) is 24.5 Å². The number of nitrogens with zero attached hydrogens (tertiary/aromatic N) is 1. The Kier molecular flexibility index (Phi) is 2.17. The average molecular weight is 153 g/mol. The second kappa shape index (κ2) is 3.14. The van der Waals surface area contributed by atoms with Gasteiger partial charge in [0.2, 0.25) is 0 Å². The number of fused-ring (bicyclic) bond motifs is 1. The highest BCUT2D eigenvalue weighted by Crippen LogP contribution is 2.34. The van der Waals surface area contributed by atoms with Crippen molar-refractivity contribution >= 4 is 0 Å². The first-order valence-electron chi connectivity index (χ1n) is 5.08. The molecule has 2 atom stereocenters. The molecule has 1 saturated heterocycles. The molecular formula is C10H19N. The lowest BCUT2D eigenvalue weighted by molar-refractivity contribution is 0.0841. The summed E-state index contributed by atoms with van der Waals surface area (Å²) in [6, 6.07) is 0.956. The average Bonchev–Trinajstić information content (AvgIpc) is 2.06. The Labute approximate surface area is 69.8 Å². The molecule has 1 nitrogen and oxygen atoms in total. The maximum absolute atomic E-state index is 2.59. The third kappa shape index (κ3) is 1.44. The number of rotatable bonds is 0. The summed E-state index contributed by atoms with van der Waals surface area (Å²) in [5.41, 5.74) is 0. The van der Waals surface area contributed by atoms with Gasteiger partial charge in [0, 0.05) is 6.04 Å². The summed E-state index contributed by atoms with van der Waals surface area (Å²) in [5, 5.41) is 0. The molecule has 0 aromatic heterocycles. The number of hydrogen-bond acceptors (Lipinski definition) is 1. The van der Waals surface area contributed by atoms with Crippen molar-refractivity contribution in [2.24, 2.45) is 5.92 Å². The fourth-order valence-corrected chi connectivity index (χ4v) is 2.87. The minimum atomic E-state index is 0.956. The maximum Gasteiger partial charge on any atom is 0.0120 e. The van der Waals surface area contributed by atoms with Gasteiger partial charge < -0.3 is 4.90 Å². The third-order valence-corrected chi connectivity index (χ3v) is 3.52. The highest BCUT2D eigenvalue weighted by molar-refractivity contribution is 4.85. The lowest BCUT2D eigenvalue weighted by atomic mass is 9.79. The summed E-state index contributed by atoms with van der Waals surface area (Å²) in [5.74, 6) is 1.06. The molecule has 0 aromatic rings. The quantitative estimate of drug-likeness (QED) is 0.516. The fourth-order valence-electron chi connectivity index (χ4n) is 2.87. The van der Waals surface area contributed by atoms with Crippen LogP contribution >= 0.6 is 0 Å². The van der Waals surface area contributed by atoms with Gasteiger partial charge in [0.15, 0.2) is 0 Å². The topological polar surface area (TPSA) is 3.24 Å². The minimum absolute atomic E-state index is 0.956. The monoisotopic (exact) mass is 153 g/mol. The van der Waals surface area contributed by atoms with E-state index in [-0.39, 0.29) is 0 Å². The Hall–Kier alpha value is -0.0400. The van der Waals surface area contributed by atoms with Crippen LogP contribution in [0.15, 0.2) is 0 Å². The van der Waals surface area contributed by atoms with Gasteiger partial charge in [-0.15, -0.1) is 0 Å². The van der Waals surface area contributed by atoms with Crippen LogP contribution in [0, 0.1) is 5.92 Å². The molecule has 1 aliphatic carbocycles. The van der Waals surface area contributed by atoms with Crippen LogP contribution in [0.3, 0.4) is 0 Å². The van der Waals surface area contributed by atoms with Crippen LogP contribution in [0.2, 0.25) is 0 Å². The molecule has 0 aromatic carbocycles. The van der Waals surface area contributed by atoms with E-state index in [0.717, 1.165) is 12.0 Å². The van der Waals surface area contributed by atoms with E-state index in [1.807, 2.05) is 0 Å². The van der Waals surface area contributed by atoms with Crippen LogP contribution in [0.5, 0.6) is 0 Å². The molecule has 1 aliphatic heterocycles. The van der Waals surface area contributed by atoms with Gasteiger partial charge in [-0.3, -0.25) is 0 Å². The van der Waals surface area contributed by atoms with Gasteiger partial charge >= 0.3 is 0 Å². The zero-order valence-electron chi connectivity index (χ0n) is 7.55. The molecule has 2 aliphatic rings. The second-order valence-electron chi connectivity index (χ2n) is 4.23. The van der Waals surface area contributed by atoms with E-state index in [1.54, 1.807) is 0 Å². The van der Waals surface area contributed by atoms with Gasteiger partial charge in [-0.1, -0.05) is 12.8 Å². The third-order valence-electron chi connectivity index (χ3n) is 3.52. The van der Waals surface area contributed by atoms with Crippen LogP contribution < -0.4 is 0 Å². The molecule has 64 valence electrons. The summed E-state index contributed by atoms with van der Waals surface area (Å²) in [4.78, 5) is 2.59. The van der Waals surface area contributed by atoms with Crippen molar-refractivity contribution in [1.82, 2.24) is 4.90 Å². The summed E-state index contributed by atoms with van der Waals surface area (Å²) < 4.78 is 0. The number of likely N-dealkylation sites (tertiary alicyclic amines) is 1. The van der Waals surface area contributed by atoms with Crippen LogP contribution in [0.25, 0.3) is 0 Å². The van der Waals surface area contributed by atoms with Crippen molar-refractivity contribution < 1.29 is 0 Å². The number of hydrogen-bond donors (Lipinski definition) is 0. The van der Waals surface area contributed by atoms with Gasteiger partial charge in [-0.05, 0) is 45.2 Å². The Balaban J connectivity index is 1.99. The van der Waals surface area contributed by atoms with Crippen LogP contribution in [-0.2, 0) is 0 Å². The molecule has 1 saturated carbocycles. The van der Waals surface area contributed by atoms with Crippen molar-refractivity contribution in [3.05, 3.63) is 0 Å². The van der Waals surface area contributed by atoms with Crippen molar-refractivity contribution in [3.8, 4) is 0 Å². The van der Waals surface area contributed by atoms with Crippen molar-refractivity contribution in [3.63, 3.8) is 0 Å². The minimum Gasteiger partial charge on any atom is -0.303 e. The molecule has 0 spiro atoms. The van der Waals surface area contributed by atoms with E-state index in [2.05, 4.69) is 11.9 Å². The Morgan fingerprint density at radius 2 is 1.73 bits per heavy atom. The molecule has 0 amide bonds. The first-order valence-corrected chi connectivity index (χ1v) is 5.08. The molecule has 0 radical (unpaired) electrons. The van der Waals surface area contributed by atoms with Crippen molar-refractivity contribution in [2.45, 2.75) is 44.6 Å². The standard InChI is InChI=1S/C10H19N/c1-11-8-4-6-9-5-2-3-7-10(9)11/h9-10H,2-8H2,1H3/t9?,10-/m1/s1. The molecule has 11 heavy (non-hydrogen) atoms. The predicted molar refractivity (Wildman–Crippen MR) is 47.6 cm³/mol. The highest BCUT2D eigenvalue weighted by atomic mass is 15.1. The maximum atomic E-state index is 2.59. The van der Waals surface area contributed by atoms with Gasteiger partial charge in [0.25, 0.3) is 0 Å². The van der Waals surface area contributed by atoms with E-state index < -0.39 is 0 Å². The lowest BCUT2D eigenvalue weighted by Gasteiger charge is -2.42. The lowest BCUT2D eigenvalue weighted by Crippen LogP contribution is -2.44. The molecule has 2 fully saturated rings. The predicted octanol–water partition coefficient (Wildman–Crippen LogP) is 2.27. The van der Waals surface area contributed by atoms with Gasteiger partial charge in [0.1, 0.15) is 0 Å². The smallest absolute Gasteiger partial charge is 0.0120 e. The van der Waals surface area contributed by atoms with E-state index in [1.165, 1.54) is 45.1 Å². The zero-order valence-corrected chi connectivity index (χ0v) is 7.55. The summed E-state index contributed by atoms with van der Waals surface area (Å²) in [6.45, 7) is 1.35. The molecule has 1 unspecified atom stereocenters. The normalized spacial score (nSPS) is 40.1. The first kappa shape index (κ1) is 7.60.